The molecule has 2 aromatic heterocycles. The third-order valence-corrected chi connectivity index (χ3v) is 6.27. The number of likely N-dealkylation sites (tertiary alicyclic amines) is 1. The third-order valence-electron chi connectivity index (χ3n) is 5.35. The number of benzene rings is 2. The molecule has 0 bridgehead atoms. The van der Waals surface area contributed by atoms with Gasteiger partial charge >= 0.3 is 0 Å². The third kappa shape index (κ3) is 3.21. The molecule has 1 aliphatic heterocycles. The molecule has 29 heavy (non-hydrogen) atoms. The van der Waals surface area contributed by atoms with Gasteiger partial charge < -0.3 is 9.88 Å². The standard InChI is InChI=1S/C22H21N5OS/c1-15-7-2-5-10-19(15)27-21(17-13-23-18-9-4-3-8-16(17)18)24-25-22(27)29-14-20(28)26-11-6-12-26/h2-5,7-10,13,23H,6,11-12,14H2,1H3. The fourth-order valence-electron chi connectivity index (χ4n) is 3.61. The topological polar surface area (TPSA) is 66.8 Å². The number of aromatic amines is 1. The van der Waals surface area contributed by atoms with Crippen molar-refractivity contribution >= 4 is 28.6 Å². The van der Waals surface area contributed by atoms with Crippen LogP contribution in [0.2, 0.25) is 0 Å². The largest absolute Gasteiger partial charge is 0.360 e. The maximum atomic E-state index is 12.4. The Hall–Kier alpha value is -3.06. The molecule has 7 heteroatoms. The quantitative estimate of drug-likeness (QED) is 0.511. The number of para-hydroxylation sites is 2. The van der Waals surface area contributed by atoms with E-state index in [1.807, 2.05) is 35.4 Å². The van der Waals surface area contributed by atoms with E-state index in [0.717, 1.165) is 58.2 Å². The molecule has 1 fully saturated rings. The lowest BCUT2D eigenvalue weighted by Gasteiger charge is -2.30. The van der Waals surface area contributed by atoms with Crippen LogP contribution in [0.4, 0.5) is 0 Å². The molecule has 0 aliphatic carbocycles. The highest BCUT2D eigenvalue weighted by Crippen LogP contribution is 2.33. The second-order valence-electron chi connectivity index (χ2n) is 7.20. The molecule has 1 amide bonds. The summed E-state index contributed by atoms with van der Waals surface area (Å²) in [5.74, 6) is 1.31. The molecular weight excluding hydrogens is 382 g/mol. The number of hydrogen-bond donors (Lipinski definition) is 1. The SMILES string of the molecule is Cc1ccccc1-n1c(SCC(=O)N2CCC2)nnc1-c1c[nH]c2ccccc12. The summed E-state index contributed by atoms with van der Waals surface area (Å²) in [5, 5.41) is 10.8. The smallest absolute Gasteiger partial charge is 0.233 e. The number of nitrogens with one attached hydrogen (secondary N) is 1. The molecule has 5 rings (SSSR count). The van der Waals surface area contributed by atoms with Crippen LogP contribution >= 0.6 is 11.8 Å². The molecule has 0 spiro atoms. The van der Waals surface area contributed by atoms with E-state index in [4.69, 9.17) is 0 Å². The Morgan fingerprint density at radius 2 is 1.90 bits per heavy atom. The van der Waals surface area contributed by atoms with Gasteiger partial charge in [0.1, 0.15) is 0 Å². The first-order valence-corrected chi connectivity index (χ1v) is 10.7. The van der Waals surface area contributed by atoms with E-state index in [1.54, 1.807) is 0 Å². The minimum absolute atomic E-state index is 0.161. The van der Waals surface area contributed by atoms with Crippen LogP contribution < -0.4 is 0 Å². The molecule has 0 unspecified atom stereocenters. The van der Waals surface area contributed by atoms with Crippen LogP contribution in [0, 0.1) is 6.92 Å². The highest BCUT2D eigenvalue weighted by Gasteiger charge is 2.23. The zero-order valence-electron chi connectivity index (χ0n) is 16.1. The van der Waals surface area contributed by atoms with E-state index in [0.29, 0.717) is 5.75 Å². The van der Waals surface area contributed by atoms with Crippen LogP contribution in [0.15, 0.2) is 59.9 Å². The van der Waals surface area contributed by atoms with Crippen LogP contribution in [-0.4, -0.2) is 49.4 Å². The van der Waals surface area contributed by atoms with Gasteiger partial charge in [-0.1, -0.05) is 48.2 Å². The molecule has 1 aliphatic rings. The van der Waals surface area contributed by atoms with Crippen molar-refractivity contribution in [3.63, 3.8) is 0 Å². The highest BCUT2D eigenvalue weighted by molar-refractivity contribution is 7.99. The van der Waals surface area contributed by atoms with Crippen LogP contribution in [-0.2, 0) is 4.79 Å². The van der Waals surface area contributed by atoms with Gasteiger partial charge in [0.2, 0.25) is 5.91 Å². The van der Waals surface area contributed by atoms with Crippen molar-refractivity contribution in [3.05, 3.63) is 60.3 Å². The molecule has 3 heterocycles. The van der Waals surface area contributed by atoms with Crippen LogP contribution in [0.5, 0.6) is 0 Å². The Balaban J connectivity index is 1.59. The summed E-state index contributed by atoms with van der Waals surface area (Å²) < 4.78 is 2.07. The lowest BCUT2D eigenvalue weighted by molar-refractivity contribution is -0.131. The average Bonchev–Trinajstić information content (AvgIpc) is 3.29. The Morgan fingerprint density at radius 3 is 2.69 bits per heavy atom. The normalized spacial score (nSPS) is 13.6. The second kappa shape index (κ2) is 7.40. The predicted molar refractivity (Wildman–Crippen MR) is 115 cm³/mol. The fraction of sp³-hybridized carbons (Fsp3) is 0.227. The van der Waals surface area contributed by atoms with Crippen molar-refractivity contribution < 1.29 is 4.79 Å². The number of amides is 1. The summed E-state index contributed by atoms with van der Waals surface area (Å²) >= 11 is 1.45. The van der Waals surface area contributed by atoms with E-state index in [-0.39, 0.29) is 5.91 Å². The van der Waals surface area contributed by atoms with Gasteiger partial charge in [-0.05, 0) is 31.0 Å². The van der Waals surface area contributed by atoms with Crippen molar-refractivity contribution in [1.82, 2.24) is 24.6 Å². The first-order chi connectivity index (χ1) is 14.2. The van der Waals surface area contributed by atoms with Gasteiger partial charge in [-0.15, -0.1) is 10.2 Å². The summed E-state index contributed by atoms with van der Waals surface area (Å²) in [6, 6.07) is 16.3. The van der Waals surface area contributed by atoms with Gasteiger partial charge in [-0.3, -0.25) is 9.36 Å². The molecule has 0 atom stereocenters. The number of carbonyl (C=O) groups is 1. The number of carbonyl (C=O) groups excluding carboxylic acids is 1. The lowest BCUT2D eigenvalue weighted by atomic mass is 10.1. The van der Waals surface area contributed by atoms with Crippen LogP contribution in [0.3, 0.4) is 0 Å². The van der Waals surface area contributed by atoms with Gasteiger partial charge in [0.15, 0.2) is 11.0 Å². The maximum Gasteiger partial charge on any atom is 0.233 e. The Morgan fingerprint density at radius 1 is 1.10 bits per heavy atom. The summed E-state index contributed by atoms with van der Waals surface area (Å²) in [4.78, 5) is 17.6. The van der Waals surface area contributed by atoms with E-state index >= 15 is 0 Å². The molecule has 146 valence electrons. The number of aryl methyl sites for hydroxylation is 1. The minimum Gasteiger partial charge on any atom is -0.360 e. The van der Waals surface area contributed by atoms with E-state index in [9.17, 15) is 4.79 Å². The number of rotatable bonds is 5. The molecular formula is C22H21N5OS. The predicted octanol–water partition coefficient (Wildman–Crippen LogP) is 4.05. The molecule has 0 saturated carbocycles. The van der Waals surface area contributed by atoms with E-state index in [1.165, 1.54) is 11.8 Å². The number of aromatic nitrogens is 4. The van der Waals surface area contributed by atoms with Gasteiger partial charge in [0.05, 0.1) is 11.4 Å². The first-order valence-electron chi connectivity index (χ1n) is 9.71. The number of nitrogens with zero attached hydrogens (tertiary/aromatic N) is 4. The maximum absolute atomic E-state index is 12.4. The zero-order chi connectivity index (χ0) is 19.8. The van der Waals surface area contributed by atoms with Crippen LogP contribution in [0.1, 0.15) is 12.0 Å². The van der Waals surface area contributed by atoms with Crippen molar-refractivity contribution in [2.75, 3.05) is 18.8 Å². The number of fused-ring (bicyclic) bond motifs is 1. The second-order valence-corrected chi connectivity index (χ2v) is 8.14. The van der Waals surface area contributed by atoms with Crippen molar-refractivity contribution in [2.24, 2.45) is 0 Å². The van der Waals surface area contributed by atoms with Gasteiger partial charge in [-0.2, -0.15) is 0 Å². The summed E-state index contributed by atoms with van der Waals surface area (Å²) in [6.45, 7) is 3.81. The van der Waals surface area contributed by atoms with Crippen molar-refractivity contribution in [3.8, 4) is 17.1 Å². The highest BCUT2D eigenvalue weighted by atomic mass is 32.2. The first kappa shape index (κ1) is 18.0. The summed E-state index contributed by atoms with van der Waals surface area (Å²) in [6.07, 6.45) is 3.07. The van der Waals surface area contributed by atoms with E-state index < -0.39 is 0 Å². The number of thioether (sulfide) groups is 1. The summed E-state index contributed by atoms with van der Waals surface area (Å²) in [5.41, 5.74) is 4.21. The van der Waals surface area contributed by atoms with Gasteiger partial charge in [-0.25, -0.2) is 0 Å². The molecule has 2 aromatic carbocycles. The Bertz CT molecular complexity index is 1190. The summed E-state index contributed by atoms with van der Waals surface area (Å²) in [7, 11) is 0. The molecule has 0 radical (unpaired) electrons. The van der Waals surface area contributed by atoms with Crippen LogP contribution in [0.25, 0.3) is 28.0 Å². The van der Waals surface area contributed by atoms with E-state index in [2.05, 4.69) is 50.9 Å². The average molecular weight is 404 g/mol. The lowest BCUT2D eigenvalue weighted by Crippen LogP contribution is -2.43. The Labute approximate surface area is 172 Å². The van der Waals surface area contributed by atoms with Gasteiger partial charge in [0.25, 0.3) is 0 Å². The molecule has 6 nitrogen and oxygen atoms in total. The zero-order valence-corrected chi connectivity index (χ0v) is 16.9. The molecule has 1 N–H and O–H groups in total. The molecule has 4 aromatic rings. The van der Waals surface area contributed by atoms with Crippen molar-refractivity contribution in [2.45, 2.75) is 18.5 Å². The molecule has 1 saturated heterocycles. The minimum atomic E-state index is 0.161. The number of hydrogen-bond acceptors (Lipinski definition) is 4. The van der Waals surface area contributed by atoms with Crippen molar-refractivity contribution in [1.29, 1.82) is 0 Å². The monoisotopic (exact) mass is 403 g/mol. The number of H-pyrrole nitrogens is 1. The van der Waals surface area contributed by atoms with Gasteiger partial charge in [0, 0.05) is 35.8 Å². The fourth-order valence-corrected chi connectivity index (χ4v) is 4.46. The Kier molecular flexibility index (Phi) is 4.60.